The molecule has 0 spiro atoms. The van der Waals surface area contributed by atoms with Crippen LogP contribution in [0.25, 0.3) is 6.08 Å². The zero-order valence-corrected chi connectivity index (χ0v) is 14.4. The van der Waals surface area contributed by atoms with E-state index in [4.69, 9.17) is 0 Å². The number of aliphatic imine (C=N–C) groups is 2. The lowest BCUT2D eigenvalue weighted by Crippen LogP contribution is -2.13. The first-order valence-corrected chi connectivity index (χ1v) is 8.14. The van der Waals surface area contributed by atoms with Gasteiger partial charge in [-0.15, -0.1) is 0 Å². The molecular weight excluding hydrogens is 367 g/mol. The maximum atomic E-state index is 13.3. The van der Waals surface area contributed by atoms with Crippen LogP contribution in [-0.4, -0.2) is 21.3 Å². The van der Waals surface area contributed by atoms with E-state index in [2.05, 4.69) is 9.98 Å². The molecule has 0 saturated carbocycles. The number of benzene rings is 2. The Bertz CT molecular complexity index is 1190. The summed E-state index contributed by atoms with van der Waals surface area (Å²) in [6, 6.07) is 6.38. The van der Waals surface area contributed by atoms with E-state index in [-0.39, 0.29) is 22.8 Å². The first-order valence-electron chi connectivity index (χ1n) is 8.14. The first kappa shape index (κ1) is 17.4. The van der Waals surface area contributed by atoms with Gasteiger partial charge in [-0.25, -0.2) is 9.38 Å². The van der Waals surface area contributed by atoms with Crippen molar-refractivity contribution in [3.05, 3.63) is 90.9 Å². The highest BCUT2D eigenvalue weighted by Gasteiger charge is 2.34. The highest BCUT2D eigenvalue weighted by Crippen LogP contribution is 2.38. The van der Waals surface area contributed by atoms with Gasteiger partial charge in [-0.2, -0.15) is 0 Å². The van der Waals surface area contributed by atoms with Gasteiger partial charge in [0.05, 0.1) is 38.6 Å². The zero-order valence-electron chi connectivity index (χ0n) is 14.4. The van der Waals surface area contributed by atoms with Crippen LogP contribution in [0.4, 0.5) is 21.5 Å². The quantitative estimate of drug-likeness (QED) is 0.581. The Hall–Kier alpha value is -4.01. The van der Waals surface area contributed by atoms with Crippen molar-refractivity contribution in [3.63, 3.8) is 0 Å². The molecule has 0 bridgehead atoms. The van der Waals surface area contributed by atoms with Gasteiger partial charge in [0.15, 0.2) is 0 Å². The fourth-order valence-electron chi connectivity index (χ4n) is 3.19. The Morgan fingerprint density at radius 1 is 1.11 bits per heavy atom. The first-order chi connectivity index (χ1) is 13.3. The van der Waals surface area contributed by atoms with Gasteiger partial charge in [-0.1, -0.05) is 0 Å². The van der Waals surface area contributed by atoms with E-state index in [1.807, 2.05) is 0 Å². The molecule has 4 rings (SSSR count). The fourth-order valence-corrected chi connectivity index (χ4v) is 3.19. The number of halogens is 1. The number of nitrogens with zero attached hydrogens (tertiary/aromatic N) is 4. The standard InChI is InChI=1S/C19H11FN4O4/c1-10-6-12(20)2-3-15(10)22-16-4-5-21-19-14(16)8-11-7-13(23(25)26)9-17(18(11)19)24(27)28/h2-9H,1H3. The highest BCUT2D eigenvalue weighted by molar-refractivity contribution is 6.41. The summed E-state index contributed by atoms with van der Waals surface area (Å²) in [6.45, 7) is 1.72. The maximum Gasteiger partial charge on any atom is 0.286 e. The molecule has 2 aromatic carbocycles. The van der Waals surface area contributed by atoms with E-state index in [0.29, 0.717) is 33.8 Å². The van der Waals surface area contributed by atoms with E-state index in [9.17, 15) is 24.6 Å². The van der Waals surface area contributed by atoms with E-state index < -0.39 is 9.85 Å². The lowest BCUT2D eigenvalue weighted by molar-refractivity contribution is -0.394. The molecule has 2 aromatic rings. The summed E-state index contributed by atoms with van der Waals surface area (Å²) >= 11 is 0. The zero-order chi connectivity index (χ0) is 20.0. The van der Waals surface area contributed by atoms with Crippen molar-refractivity contribution < 1.29 is 14.2 Å². The topological polar surface area (TPSA) is 111 Å². The lowest BCUT2D eigenvalue weighted by atomic mass is 10.0. The van der Waals surface area contributed by atoms with E-state index in [0.717, 1.165) is 6.07 Å². The minimum absolute atomic E-state index is 0.221. The Kier molecular flexibility index (Phi) is 3.92. The second kappa shape index (κ2) is 6.31. The van der Waals surface area contributed by atoms with Crippen LogP contribution >= 0.6 is 0 Å². The van der Waals surface area contributed by atoms with Gasteiger partial charge in [-0.05, 0) is 48.4 Å². The highest BCUT2D eigenvalue weighted by atomic mass is 19.1. The fraction of sp³-hybridized carbons (Fsp3) is 0.0526. The number of rotatable bonds is 3. The van der Waals surface area contributed by atoms with Gasteiger partial charge < -0.3 is 0 Å². The van der Waals surface area contributed by atoms with Crippen LogP contribution in [0.3, 0.4) is 0 Å². The molecule has 0 atom stereocenters. The van der Waals surface area contributed by atoms with Gasteiger partial charge in [0, 0.05) is 17.8 Å². The Balaban J connectivity index is 1.87. The summed E-state index contributed by atoms with van der Waals surface area (Å²) < 4.78 is 13.3. The largest absolute Gasteiger partial charge is 0.286 e. The van der Waals surface area contributed by atoms with Crippen LogP contribution in [-0.2, 0) is 0 Å². The van der Waals surface area contributed by atoms with Crippen LogP contribution in [0.5, 0.6) is 0 Å². The third kappa shape index (κ3) is 2.78. The number of aryl methyl sites for hydroxylation is 1. The normalized spacial score (nSPS) is 15.7. The number of non-ortho nitro benzene ring substituents is 1. The summed E-state index contributed by atoms with van der Waals surface area (Å²) in [7, 11) is 0. The maximum absolute atomic E-state index is 13.3. The molecule has 1 aliphatic carbocycles. The van der Waals surface area contributed by atoms with E-state index >= 15 is 0 Å². The van der Waals surface area contributed by atoms with Crippen LogP contribution in [0.15, 0.2) is 58.2 Å². The molecule has 0 amide bonds. The van der Waals surface area contributed by atoms with E-state index in [1.54, 1.807) is 19.1 Å². The molecule has 1 aliphatic heterocycles. The van der Waals surface area contributed by atoms with Gasteiger partial charge >= 0.3 is 0 Å². The number of fused-ring (bicyclic) bond motifs is 3. The second-order valence-electron chi connectivity index (χ2n) is 6.22. The molecule has 1 heterocycles. The summed E-state index contributed by atoms with van der Waals surface area (Å²) in [5.74, 6) is -0.377. The molecule has 28 heavy (non-hydrogen) atoms. The molecule has 0 aromatic heterocycles. The number of hydrogen-bond donors (Lipinski definition) is 0. The van der Waals surface area contributed by atoms with Crippen LogP contribution < -0.4 is 0 Å². The summed E-state index contributed by atoms with van der Waals surface area (Å²) in [6.07, 6.45) is 4.68. The number of hydrogen-bond acceptors (Lipinski definition) is 6. The average Bonchev–Trinajstić information content (AvgIpc) is 3.02. The molecule has 9 heteroatoms. The molecular formula is C19H11FN4O4. The number of nitro benzene ring substituents is 2. The number of nitro groups is 2. The van der Waals surface area contributed by atoms with Crippen molar-refractivity contribution >= 4 is 34.6 Å². The minimum Gasteiger partial charge on any atom is -0.258 e. The number of allylic oxidation sites excluding steroid dienone is 2. The van der Waals surface area contributed by atoms with Crippen molar-refractivity contribution in [1.29, 1.82) is 0 Å². The van der Waals surface area contributed by atoms with Gasteiger partial charge in [0.2, 0.25) is 0 Å². The van der Waals surface area contributed by atoms with Crippen molar-refractivity contribution in [2.45, 2.75) is 6.92 Å². The molecule has 0 N–H and O–H groups in total. The van der Waals surface area contributed by atoms with Crippen LogP contribution in [0, 0.1) is 33.0 Å². The summed E-state index contributed by atoms with van der Waals surface area (Å²) in [4.78, 5) is 30.0. The third-order valence-corrected chi connectivity index (χ3v) is 4.44. The summed E-state index contributed by atoms with van der Waals surface area (Å²) in [5, 5.41) is 22.6. The van der Waals surface area contributed by atoms with E-state index in [1.165, 1.54) is 30.5 Å². The lowest BCUT2D eigenvalue weighted by Gasteiger charge is -2.11. The second-order valence-corrected chi connectivity index (χ2v) is 6.22. The molecule has 0 unspecified atom stereocenters. The van der Waals surface area contributed by atoms with Crippen molar-refractivity contribution in [2.24, 2.45) is 9.98 Å². The molecule has 0 saturated heterocycles. The Labute approximate surface area is 157 Å². The molecule has 138 valence electrons. The molecule has 2 aliphatic rings. The van der Waals surface area contributed by atoms with Gasteiger partial charge in [-0.3, -0.25) is 25.2 Å². The third-order valence-electron chi connectivity index (χ3n) is 4.44. The summed E-state index contributed by atoms with van der Waals surface area (Å²) in [5.41, 5.74) is 2.29. The minimum atomic E-state index is -0.676. The van der Waals surface area contributed by atoms with Crippen molar-refractivity contribution in [2.75, 3.05) is 0 Å². The average molecular weight is 378 g/mol. The predicted octanol–water partition coefficient (Wildman–Crippen LogP) is 4.44. The molecule has 8 nitrogen and oxygen atoms in total. The van der Waals surface area contributed by atoms with Crippen molar-refractivity contribution in [1.82, 2.24) is 0 Å². The Morgan fingerprint density at radius 2 is 1.89 bits per heavy atom. The Morgan fingerprint density at radius 3 is 2.57 bits per heavy atom. The monoisotopic (exact) mass is 378 g/mol. The van der Waals surface area contributed by atoms with Crippen molar-refractivity contribution in [3.8, 4) is 0 Å². The SMILES string of the molecule is Cc1cc(F)ccc1N=C1C=CN=C2C1=Cc1cc([N+](=O)[O-])cc([N+](=O)[O-])c12. The van der Waals surface area contributed by atoms with Gasteiger partial charge in [0.1, 0.15) is 5.82 Å². The predicted molar refractivity (Wildman–Crippen MR) is 102 cm³/mol. The van der Waals surface area contributed by atoms with Crippen LogP contribution in [0.2, 0.25) is 0 Å². The molecule has 0 fully saturated rings. The van der Waals surface area contributed by atoms with Crippen LogP contribution in [0.1, 0.15) is 16.7 Å². The smallest absolute Gasteiger partial charge is 0.258 e. The van der Waals surface area contributed by atoms with Gasteiger partial charge in [0.25, 0.3) is 11.4 Å². The molecule has 0 radical (unpaired) electrons.